The average molecular weight is 463 g/mol. The van der Waals surface area contributed by atoms with E-state index in [0.717, 1.165) is 35.1 Å². The Balaban J connectivity index is 1.27. The summed E-state index contributed by atoms with van der Waals surface area (Å²) < 4.78 is 1.86. The molecular formula is C24H26N6O2S. The van der Waals surface area contributed by atoms with Crippen LogP contribution >= 0.6 is 11.8 Å². The van der Waals surface area contributed by atoms with Crippen molar-refractivity contribution in [2.75, 3.05) is 35.7 Å². The fraction of sp³-hybridized carbons (Fsp3) is 0.333. The van der Waals surface area contributed by atoms with Gasteiger partial charge in [-0.15, -0.1) is 11.8 Å². The molecule has 2 amide bonds. The van der Waals surface area contributed by atoms with Gasteiger partial charge in [0.25, 0.3) is 5.91 Å². The molecule has 0 radical (unpaired) electrons. The molecule has 3 aromatic rings. The van der Waals surface area contributed by atoms with E-state index < -0.39 is 6.04 Å². The first-order chi connectivity index (χ1) is 16.1. The maximum atomic E-state index is 13.1. The molecule has 0 bridgehead atoms. The van der Waals surface area contributed by atoms with Gasteiger partial charge in [0.05, 0.1) is 18.2 Å². The maximum Gasteiger partial charge on any atom is 0.272 e. The van der Waals surface area contributed by atoms with Crippen molar-refractivity contribution >= 4 is 35.1 Å². The van der Waals surface area contributed by atoms with E-state index >= 15 is 0 Å². The minimum absolute atomic E-state index is 0.158. The summed E-state index contributed by atoms with van der Waals surface area (Å²) >= 11 is 1.57. The Morgan fingerprint density at radius 1 is 1.18 bits per heavy atom. The molecule has 1 N–H and O–H groups in total. The molecule has 0 unspecified atom stereocenters. The topological polar surface area (TPSA) is 83.4 Å². The van der Waals surface area contributed by atoms with Gasteiger partial charge in [0.15, 0.2) is 0 Å². The predicted molar refractivity (Wildman–Crippen MR) is 129 cm³/mol. The molecule has 170 valence electrons. The second-order valence-electron chi connectivity index (χ2n) is 8.36. The molecule has 4 heterocycles. The third-order valence-electron chi connectivity index (χ3n) is 6.04. The van der Waals surface area contributed by atoms with Gasteiger partial charge < -0.3 is 19.7 Å². The van der Waals surface area contributed by atoms with E-state index in [9.17, 15) is 9.59 Å². The van der Waals surface area contributed by atoms with Crippen molar-refractivity contribution in [2.45, 2.75) is 30.3 Å². The van der Waals surface area contributed by atoms with Crippen molar-refractivity contribution in [3.63, 3.8) is 0 Å². The monoisotopic (exact) mass is 462 g/mol. The number of aromatic nitrogens is 3. The van der Waals surface area contributed by atoms with Crippen LogP contribution in [0.25, 0.3) is 0 Å². The number of imidazole rings is 1. The largest absolute Gasteiger partial charge is 0.357 e. The Bertz CT molecular complexity index is 1160. The molecule has 1 atom stereocenters. The first-order valence-corrected chi connectivity index (χ1v) is 12.1. The predicted octanol–water partition coefficient (Wildman–Crippen LogP) is 2.79. The van der Waals surface area contributed by atoms with Crippen molar-refractivity contribution in [1.29, 1.82) is 0 Å². The van der Waals surface area contributed by atoms with Crippen LogP contribution in [-0.4, -0.2) is 58.3 Å². The number of thioether (sulfide) groups is 1. The minimum Gasteiger partial charge on any atom is -0.357 e. The number of rotatable bonds is 5. The molecule has 0 saturated carbocycles. The zero-order valence-electron chi connectivity index (χ0n) is 18.5. The van der Waals surface area contributed by atoms with Crippen molar-refractivity contribution in [3.05, 3.63) is 66.4 Å². The number of fused-ring (bicyclic) bond motifs is 1. The molecule has 2 aliphatic rings. The van der Waals surface area contributed by atoms with Crippen LogP contribution in [0.4, 0.5) is 11.5 Å². The number of amides is 2. The number of anilines is 2. The molecule has 1 saturated heterocycles. The number of likely N-dealkylation sites (N-methyl/N-ethyl adjacent to an activating group) is 1. The molecule has 33 heavy (non-hydrogen) atoms. The van der Waals surface area contributed by atoms with Gasteiger partial charge in [-0.2, -0.15) is 0 Å². The highest BCUT2D eigenvalue weighted by Crippen LogP contribution is 2.36. The molecule has 9 heteroatoms. The molecule has 8 nitrogen and oxygen atoms in total. The van der Waals surface area contributed by atoms with Crippen LogP contribution in [0.1, 0.15) is 28.9 Å². The third-order valence-corrected chi connectivity index (χ3v) is 7.17. The van der Waals surface area contributed by atoms with Crippen molar-refractivity contribution in [2.24, 2.45) is 0 Å². The quantitative estimate of drug-likeness (QED) is 0.628. The molecule has 0 aliphatic carbocycles. The lowest BCUT2D eigenvalue weighted by Gasteiger charge is -2.22. The number of carbonyl (C=O) groups excluding carboxylic acids is 2. The van der Waals surface area contributed by atoms with Crippen LogP contribution in [-0.2, 0) is 11.3 Å². The Hall–Kier alpha value is -3.33. The number of pyridine rings is 1. The molecule has 5 rings (SSSR count). The van der Waals surface area contributed by atoms with Crippen LogP contribution in [0.2, 0.25) is 0 Å². The summed E-state index contributed by atoms with van der Waals surface area (Å²) in [6.45, 7) is 2.66. The van der Waals surface area contributed by atoms with Crippen molar-refractivity contribution < 1.29 is 9.59 Å². The highest BCUT2D eigenvalue weighted by molar-refractivity contribution is 7.99. The number of benzene rings is 1. The fourth-order valence-corrected chi connectivity index (χ4v) is 5.29. The van der Waals surface area contributed by atoms with Gasteiger partial charge in [-0.05, 0) is 24.5 Å². The van der Waals surface area contributed by atoms with Crippen molar-refractivity contribution in [3.8, 4) is 0 Å². The smallest absolute Gasteiger partial charge is 0.272 e. The Morgan fingerprint density at radius 3 is 2.76 bits per heavy atom. The summed E-state index contributed by atoms with van der Waals surface area (Å²) in [4.78, 5) is 39.7. The van der Waals surface area contributed by atoms with E-state index in [0.29, 0.717) is 18.0 Å². The van der Waals surface area contributed by atoms with E-state index in [1.54, 1.807) is 42.4 Å². The number of hydrogen-bond donors (Lipinski definition) is 1. The number of hydrogen-bond acceptors (Lipinski definition) is 6. The Morgan fingerprint density at radius 2 is 1.97 bits per heavy atom. The first kappa shape index (κ1) is 21.5. The van der Waals surface area contributed by atoms with E-state index in [4.69, 9.17) is 0 Å². The highest BCUT2D eigenvalue weighted by atomic mass is 32.2. The summed E-state index contributed by atoms with van der Waals surface area (Å²) in [7, 11) is 1.73. The van der Waals surface area contributed by atoms with Gasteiger partial charge in [-0.3, -0.25) is 9.59 Å². The van der Waals surface area contributed by atoms with Crippen LogP contribution in [0, 0.1) is 0 Å². The maximum absolute atomic E-state index is 13.1. The van der Waals surface area contributed by atoms with Gasteiger partial charge in [0.2, 0.25) is 5.91 Å². The zero-order chi connectivity index (χ0) is 22.8. The van der Waals surface area contributed by atoms with Gasteiger partial charge in [0, 0.05) is 43.5 Å². The van der Waals surface area contributed by atoms with E-state index in [1.807, 2.05) is 34.9 Å². The summed E-state index contributed by atoms with van der Waals surface area (Å²) in [6.07, 6.45) is 7.48. The third kappa shape index (κ3) is 4.59. The SMILES string of the molecule is CN1C(=O)[C@@H](NC(=O)c2cn(Cc3ccccc3)cn2)CSc2cc(N3CCCC3)ncc21. The van der Waals surface area contributed by atoms with Crippen LogP contribution in [0.5, 0.6) is 0 Å². The van der Waals surface area contributed by atoms with Crippen LogP contribution in [0.3, 0.4) is 0 Å². The average Bonchev–Trinajstić information content (AvgIpc) is 3.52. The lowest BCUT2D eigenvalue weighted by molar-refractivity contribution is -0.119. The van der Waals surface area contributed by atoms with Crippen molar-refractivity contribution in [1.82, 2.24) is 19.9 Å². The number of nitrogens with one attached hydrogen (secondary N) is 1. The summed E-state index contributed by atoms with van der Waals surface area (Å²) in [6, 6.07) is 11.4. The van der Waals surface area contributed by atoms with Gasteiger partial charge in [-0.25, -0.2) is 9.97 Å². The lowest BCUT2D eigenvalue weighted by atomic mass is 10.2. The second kappa shape index (κ2) is 9.27. The Kier molecular flexibility index (Phi) is 6.04. The Labute approximate surface area is 197 Å². The molecular weight excluding hydrogens is 436 g/mol. The normalized spacial score (nSPS) is 18.2. The molecule has 1 fully saturated rings. The van der Waals surface area contributed by atoms with E-state index in [1.165, 1.54) is 12.8 Å². The van der Waals surface area contributed by atoms with Crippen LogP contribution in [0.15, 0.2) is 60.0 Å². The summed E-state index contributed by atoms with van der Waals surface area (Å²) in [5, 5.41) is 2.88. The zero-order valence-corrected chi connectivity index (χ0v) is 19.3. The second-order valence-corrected chi connectivity index (χ2v) is 9.42. The molecule has 0 spiro atoms. The standard InChI is InChI=1S/C24H26N6O2S/c1-28-20-12-25-22(30-9-5-6-10-30)11-21(20)33-15-19(24(28)32)27-23(31)18-14-29(16-26-18)13-17-7-3-2-4-8-17/h2-4,7-8,11-12,14,16,19H,5-6,9-10,13,15H2,1H3,(H,27,31)/t19-/m0/s1. The van der Waals surface area contributed by atoms with Crippen LogP contribution < -0.4 is 15.1 Å². The first-order valence-electron chi connectivity index (χ1n) is 11.1. The summed E-state index contributed by atoms with van der Waals surface area (Å²) in [5.41, 5.74) is 2.20. The van der Waals surface area contributed by atoms with Gasteiger partial charge >= 0.3 is 0 Å². The number of carbonyl (C=O) groups is 2. The summed E-state index contributed by atoms with van der Waals surface area (Å²) in [5.74, 6) is 0.895. The van der Waals surface area contributed by atoms with Gasteiger partial charge in [0.1, 0.15) is 17.6 Å². The molecule has 1 aromatic carbocycles. The van der Waals surface area contributed by atoms with Gasteiger partial charge in [-0.1, -0.05) is 30.3 Å². The van der Waals surface area contributed by atoms with E-state index in [2.05, 4.69) is 26.3 Å². The van der Waals surface area contributed by atoms with E-state index in [-0.39, 0.29) is 11.8 Å². The minimum atomic E-state index is -0.644. The highest BCUT2D eigenvalue weighted by Gasteiger charge is 2.31. The lowest BCUT2D eigenvalue weighted by Crippen LogP contribution is -2.48. The molecule has 2 aliphatic heterocycles. The number of nitrogens with zero attached hydrogens (tertiary/aromatic N) is 5. The fourth-order valence-electron chi connectivity index (χ4n) is 4.20. The molecule has 2 aromatic heterocycles.